The number of nitrogens with zero attached hydrogens (tertiary/aromatic N) is 1. The minimum atomic E-state index is -1.03. The fraction of sp³-hybridized carbons (Fsp3) is 0.643. The Labute approximate surface area is 130 Å². The highest BCUT2D eigenvalue weighted by Gasteiger charge is 2.25. The van der Waals surface area contributed by atoms with E-state index in [1.807, 2.05) is 20.8 Å². The van der Waals surface area contributed by atoms with Crippen LogP contribution in [-0.2, 0) is 17.8 Å². The monoisotopic (exact) mass is 363 g/mol. The molecule has 0 saturated heterocycles. The lowest BCUT2D eigenvalue weighted by Gasteiger charge is -2.23. The first kappa shape index (κ1) is 17.6. The molecule has 6 heteroatoms. The van der Waals surface area contributed by atoms with E-state index in [1.165, 1.54) is 4.57 Å². The van der Waals surface area contributed by atoms with E-state index in [0.717, 1.165) is 10.0 Å². The van der Waals surface area contributed by atoms with Gasteiger partial charge in [0.05, 0.1) is 0 Å². The maximum absolute atomic E-state index is 12.3. The van der Waals surface area contributed by atoms with Crippen LogP contribution in [0.5, 0.6) is 0 Å². The van der Waals surface area contributed by atoms with Crippen LogP contribution in [-0.4, -0.2) is 31.0 Å². The van der Waals surface area contributed by atoms with Gasteiger partial charge in [0.1, 0.15) is 0 Å². The van der Waals surface area contributed by atoms with Gasteiger partial charge in [-0.15, -0.1) is 0 Å². The Bertz CT molecular complexity index is 548. The maximum atomic E-state index is 12.3. The number of aliphatic hydroxyl groups excluding tert-OH is 1. The topological polar surface area (TPSA) is 59.3 Å². The molecule has 0 spiro atoms. The number of aryl methyl sites for hydroxylation is 1. The molecule has 0 bridgehead atoms. The fourth-order valence-corrected chi connectivity index (χ4v) is 3.80. The zero-order chi connectivity index (χ0) is 15.5. The van der Waals surface area contributed by atoms with Crippen molar-refractivity contribution in [1.29, 1.82) is 0 Å². The van der Waals surface area contributed by atoms with E-state index in [4.69, 9.17) is 0 Å². The predicted molar refractivity (Wildman–Crippen MR) is 86.6 cm³/mol. The van der Waals surface area contributed by atoms with Gasteiger partial charge < -0.3 is 9.67 Å². The first-order chi connectivity index (χ1) is 9.16. The van der Waals surface area contributed by atoms with Gasteiger partial charge in [-0.05, 0) is 54.6 Å². The number of halogens is 1. The number of hydrogen-bond acceptors (Lipinski definition) is 3. The summed E-state index contributed by atoms with van der Waals surface area (Å²) in [5.41, 5.74) is 0.715. The third kappa shape index (κ3) is 4.53. The third-order valence-electron chi connectivity index (χ3n) is 3.16. The molecule has 20 heavy (non-hydrogen) atoms. The second kappa shape index (κ2) is 7.00. The minimum absolute atomic E-state index is 0.00760. The van der Waals surface area contributed by atoms with Gasteiger partial charge in [0.2, 0.25) is 0 Å². The lowest BCUT2D eigenvalue weighted by atomic mass is 9.99. The molecule has 0 radical (unpaired) electrons. The van der Waals surface area contributed by atoms with E-state index in [2.05, 4.69) is 15.9 Å². The number of rotatable bonds is 5. The number of aliphatic hydroxyl groups is 1. The molecule has 0 aliphatic carbocycles. The summed E-state index contributed by atoms with van der Waals surface area (Å²) in [5, 5.41) is 9.23. The Hall–Kier alpha value is -0.460. The highest BCUT2D eigenvalue weighted by Crippen LogP contribution is 2.28. The molecule has 1 aromatic rings. The normalized spacial score (nSPS) is 15.1. The Morgan fingerprint density at radius 2 is 2.05 bits per heavy atom. The van der Waals surface area contributed by atoms with Crippen LogP contribution in [0, 0.1) is 0 Å². The van der Waals surface area contributed by atoms with Gasteiger partial charge in [-0.3, -0.25) is 9.00 Å². The maximum Gasteiger partial charge on any atom is 0.250 e. The second-order valence-corrected chi connectivity index (χ2v) is 8.96. The van der Waals surface area contributed by atoms with Gasteiger partial charge in [-0.25, -0.2) is 0 Å². The Morgan fingerprint density at radius 1 is 1.45 bits per heavy atom. The van der Waals surface area contributed by atoms with Crippen molar-refractivity contribution in [2.24, 2.45) is 7.05 Å². The largest absolute Gasteiger partial charge is 0.396 e. The van der Waals surface area contributed by atoms with Crippen LogP contribution >= 0.6 is 15.9 Å². The molecule has 0 aromatic carbocycles. The molecule has 1 aromatic heterocycles. The second-order valence-electron chi connectivity index (χ2n) is 5.86. The Morgan fingerprint density at radius 3 is 2.55 bits per heavy atom. The van der Waals surface area contributed by atoms with Gasteiger partial charge >= 0.3 is 0 Å². The van der Waals surface area contributed by atoms with Crippen molar-refractivity contribution in [3.05, 3.63) is 32.7 Å². The average Bonchev–Trinajstić information content (AvgIpc) is 2.32. The summed E-state index contributed by atoms with van der Waals surface area (Å²) in [4.78, 5) is 11.8. The Kier molecular flexibility index (Phi) is 6.16. The summed E-state index contributed by atoms with van der Waals surface area (Å²) >= 11 is 3.45. The summed E-state index contributed by atoms with van der Waals surface area (Å²) in [7, 11) is 0.655. The fourth-order valence-electron chi connectivity index (χ4n) is 1.84. The lowest BCUT2D eigenvalue weighted by molar-refractivity contribution is 0.279. The predicted octanol–water partition coefficient (Wildman–Crippen LogP) is 2.16. The molecule has 0 fully saturated rings. The quantitative estimate of drug-likeness (QED) is 0.871. The van der Waals surface area contributed by atoms with Gasteiger partial charge in [0.25, 0.3) is 5.56 Å². The highest BCUT2D eigenvalue weighted by atomic mass is 79.9. The van der Waals surface area contributed by atoms with Crippen LogP contribution in [0.1, 0.15) is 38.7 Å². The molecular weight excluding hydrogens is 342 g/mol. The van der Waals surface area contributed by atoms with Crippen molar-refractivity contribution in [3.8, 4) is 0 Å². The summed E-state index contributed by atoms with van der Waals surface area (Å²) in [6.07, 6.45) is 2.20. The zero-order valence-corrected chi connectivity index (χ0v) is 14.8. The molecule has 1 N–H and O–H groups in total. The van der Waals surface area contributed by atoms with Crippen LogP contribution in [0.15, 0.2) is 21.5 Å². The Balaban J connectivity index is 3.12. The molecule has 1 heterocycles. The SMILES string of the molecule is Cn1cc(Br)c([C@H](CCO)C[S@@](=O)C(C)(C)C)cc1=O. The van der Waals surface area contributed by atoms with Crippen molar-refractivity contribution in [2.45, 2.75) is 37.9 Å². The number of pyridine rings is 1. The molecule has 0 aliphatic heterocycles. The van der Waals surface area contributed by atoms with E-state index in [-0.39, 0.29) is 22.8 Å². The summed E-state index contributed by atoms with van der Waals surface area (Å²) < 4.78 is 14.3. The first-order valence-electron chi connectivity index (χ1n) is 6.52. The van der Waals surface area contributed by atoms with Crippen molar-refractivity contribution < 1.29 is 9.32 Å². The van der Waals surface area contributed by atoms with Crippen molar-refractivity contribution in [1.82, 2.24) is 4.57 Å². The third-order valence-corrected chi connectivity index (χ3v) is 5.90. The molecule has 0 unspecified atom stereocenters. The van der Waals surface area contributed by atoms with Crippen molar-refractivity contribution >= 4 is 26.7 Å². The van der Waals surface area contributed by atoms with Crippen molar-refractivity contribution in [3.63, 3.8) is 0 Å². The van der Waals surface area contributed by atoms with Crippen LogP contribution in [0.3, 0.4) is 0 Å². The number of aromatic nitrogens is 1. The van der Waals surface area contributed by atoms with Gasteiger partial charge in [-0.2, -0.15) is 0 Å². The lowest BCUT2D eigenvalue weighted by Crippen LogP contribution is -2.28. The van der Waals surface area contributed by atoms with E-state index in [9.17, 15) is 14.1 Å². The van der Waals surface area contributed by atoms with Crippen LogP contribution < -0.4 is 5.56 Å². The van der Waals surface area contributed by atoms with Crippen LogP contribution in [0.25, 0.3) is 0 Å². The van der Waals surface area contributed by atoms with E-state index in [1.54, 1.807) is 19.3 Å². The van der Waals surface area contributed by atoms with Crippen LogP contribution in [0.4, 0.5) is 0 Å². The molecule has 0 aliphatic rings. The molecular formula is C14H22BrNO3S. The molecule has 0 amide bonds. The summed E-state index contributed by atoms with van der Waals surface area (Å²) in [6, 6.07) is 1.56. The molecule has 1 rings (SSSR count). The summed E-state index contributed by atoms with van der Waals surface area (Å²) in [5.74, 6) is 0.346. The van der Waals surface area contributed by atoms with Gasteiger partial charge in [0.15, 0.2) is 0 Å². The molecule has 4 nitrogen and oxygen atoms in total. The van der Waals surface area contributed by atoms with Gasteiger partial charge in [0, 0.05) is 51.7 Å². The van der Waals surface area contributed by atoms with Crippen molar-refractivity contribution in [2.75, 3.05) is 12.4 Å². The molecule has 2 atom stereocenters. The van der Waals surface area contributed by atoms with E-state index in [0.29, 0.717) is 12.2 Å². The average molecular weight is 364 g/mol. The van der Waals surface area contributed by atoms with Crippen LogP contribution in [0.2, 0.25) is 0 Å². The molecule has 114 valence electrons. The first-order valence-corrected chi connectivity index (χ1v) is 8.63. The number of hydrogen-bond donors (Lipinski definition) is 1. The smallest absolute Gasteiger partial charge is 0.250 e. The standard InChI is InChI=1S/C14H22BrNO3S/c1-14(2,3)20(19)9-10(5-6-17)11-7-13(18)16(4)8-12(11)15/h7-8,10,17H,5-6,9H2,1-4H3/t10-,20-/m1/s1. The highest BCUT2D eigenvalue weighted by molar-refractivity contribution is 9.10. The van der Waals surface area contributed by atoms with E-state index >= 15 is 0 Å². The van der Waals surface area contributed by atoms with Gasteiger partial charge in [-0.1, -0.05) is 0 Å². The minimum Gasteiger partial charge on any atom is -0.396 e. The molecule has 0 saturated carbocycles. The summed E-state index contributed by atoms with van der Waals surface area (Å²) in [6.45, 7) is 5.79. The van der Waals surface area contributed by atoms with E-state index < -0.39 is 10.8 Å². The zero-order valence-electron chi connectivity index (χ0n) is 12.4.